The Morgan fingerprint density at radius 2 is 2.33 bits per heavy atom. The van der Waals surface area contributed by atoms with Crippen molar-refractivity contribution in [2.45, 2.75) is 13.3 Å². The summed E-state index contributed by atoms with van der Waals surface area (Å²) >= 11 is 3.47. The lowest BCUT2D eigenvalue weighted by Crippen LogP contribution is -1.79. The molecule has 1 aromatic carbocycles. The summed E-state index contributed by atoms with van der Waals surface area (Å²) in [5, 5.41) is 5.07. The monoisotopic (exact) mass is 225 g/mol. The molecule has 0 unspecified atom stereocenters. The first-order valence-electron chi connectivity index (χ1n) is 3.85. The fourth-order valence-electron chi connectivity index (χ4n) is 1.25. The van der Waals surface area contributed by atoms with E-state index in [4.69, 9.17) is 4.52 Å². The largest absolute Gasteiger partial charge is 0.356 e. The number of rotatable bonds is 1. The van der Waals surface area contributed by atoms with Gasteiger partial charge in [-0.15, -0.1) is 0 Å². The number of halogens is 1. The average molecular weight is 226 g/mol. The summed E-state index contributed by atoms with van der Waals surface area (Å²) in [6.07, 6.45) is 0.898. The summed E-state index contributed by atoms with van der Waals surface area (Å²) in [7, 11) is 0. The maximum Gasteiger partial charge on any atom is 0.168 e. The molecule has 0 aliphatic carbocycles. The number of aryl methyl sites for hydroxylation is 1. The second-order valence-corrected chi connectivity index (χ2v) is 3.45. The normalized spacial score (nSPS) is 10.8. The number of benzene rings is 1. The highest BCUT2D eigenvalue weighted by atomic mass is 79.9. The van der Waals surface area contributed by atoms with Gasteiger partial charge in [-0.2, -0.15) is 0 Å². The van der Waals surface area contributed by atoms with Gasteiger partial charge in [0.2, 0.25) is 0 Å². The minimum atomic E-state index is 0.848. The topological polar surface area (TPSA) is 26.0 Å². The molecule has 12 heavy (non-hydrogen) atoms. The first-order valence-corrected chi connectivity index (χ1v) is 4.65. The lowest BCUT2D eigenvalue weighted by atomic mass is 10.2. The van der Waals surface area contributed by atoms with Crippen LogP contribution in [0.4, 0.5) is 0 Å². The van der Waals surface area contributed by atoms with Crippen LogP contribution in [0.2, 0.25) is 0 Å². The minimum absolute atomic E-state index is 0.848. The first-order chi connectivity index (χ1) is 5.83. The zero-order chi connectivity index (χ0) is 8.55. The van der Waals surface area contributed by atoms with Gasteiger partial charge in [-0.3, -0.25) is 0 Å². The van der Waals surface area contributed by atoms with Gasteiger partial charge in [-0.25, -0.2) is 0 Å². The van der Waals surface area contributed by atoms with Crippen molar-refractivity contribution in [3.63, 3.8) is 0 Å². The summed E-state index contributed by atoms with van der Waals surface area (Å²) in [5.41, 5.74) is 1.86. The maximum absolute atomic E-state index is 5.14. The van der Waals surface area contributed by atoms with E-state index >= 15 is 0 Å². The number of aromatic nitrogens is 1. The summed E-state index contributed by atoms with van der Waals surface area (Å²) in [4.78, 5) is 0. The molecular weight excluding hydrogens is 218 g/mol. The van der Waals surface area contributed by atoms with Gasteiger partial charge in [0, 0.05) is 4.47 Å². The van der Waals surface area contributed by atoms with Crippen LogP contribution in [-0.4, -0.2) is 5.16 Å². The van der Waals surface area contributed by atoms with Crippen molar-refractivity contribution >= 4 is 26.9 Å². The minimum Gasteiger partial charge on any atom is -0.356 e. The van der Waals surface area contributed by atoms with Crippen LogP contribution < -0.4 is 0 Å². The molecule has 3 heteroatoms. The average Bonchev–Trinajstić information content (AvgIpc) is 2.49. The van der Waals surface area contributed by atoms with E-state index in [1.165, 1.54) is 0 Å². The highest BCUT2D eigenvalue weighted by molar-refractivity contribution is 9.10. The first kappa shape index (κ1) is 7.80. The Morgan fingerprint density at radius 1 is 1.50 bits per heavy atom. The molecule has 0 atom stereocenters. The van der Waals surface area contributed by atoms with E-state index in [0.717, 1.165) is 27.6 Å². The Kier molecular flexibility index (Phi) is 1.89. The Bertz CT molecular complexity index is 408. The fraction of sp³-hybridized carbons (Fsp3) is 0.222. The van der Waals surface area contributed by atoms with Gasteiger partial charge in [0.25, 0.3) is 0 Å². The molecule has 1 heterocycles. The Labute approximate surface area is 78.7 Å². The van der Waals surface area contributed by atoms with Gasteiger partial charge in [-0.1, -0.05) is 18.1 Å². The van der Waals surface area contributed by atoms with E-state index in [2.05, 4.69) is 28.0 Å². The third kappa shape index (κ3) is 1.05. The number of hydrogen-bond donors (Lipinski definition) is 0. The molecule has 0 fully saturated rings. The van der Waals surface area contributed by atoms with Crippen LogP contribution >= 0.6 is 15.9 Å². The molecule has 0 radical (unpaired) electrons. The van der Waals surface area contributed by atoms with E-state index in [-0.39, 0.29) is 0 Å². The second-order valence-electron chi connectivity index (χ2n) is 2.60. The van der Waals surface area contributed by atoms with Gasteiger partial charge in [-0.05, 0) is 34.5 Å². The quantitative estimate of drug-likeness (QED) is 0.746. The van der Waals surface area contributed by atoms with Crippen LogP contribution in [0.1, 0.15) is 12.6 Å². The van der Waals surface area contributed by atoms with Crippen LogP contribution in [0.15, 0.2) is 27.2 Å². The molecule has 0 bridgehead atoms. The van der Waals surface area contributed by atoms with E-state index in [1.54, 1.807) is 0 Å². The van der Waals surface area contributed by atoms with Crippen molar-refractivity contribution in [2.75, 3.05) is 0 Å². The van der Waals surface area contributed by atoms with Crippen LogP contribution in [0.5, 0.6) is 0 Å². The van der Waals surface area contributed by atoms with E-state index in [9.17, 15) is 0 Å². The van der Waals surface area contributed by atoms with Gasteiger partial charge in [0.15, 0.2) is 5.58 Å². The molecule has 62 valence electrons. The molecule has 0 aliphatic rings. The van der Waals surface area contributed by atoms with Crippen LogP contribution in [0.3, 0.4) is 0 Å². The molecule has 1 aromatic heterocycles. The van der Waals surface area contributed by atoms with E-state index < -0.39 is 0 Å². The van der Waals surface area contributed by atoms with Gasteiger partial charge in [0.1, 0.15) is 0 Å². The smallest absolute Gasteiger partial charge is 0.168 e. The van der Waals surface area contributed by atoms with Gasteiger partial charge < -0.3 is 4.52 Å². The number of fused-ring (bicyclic) bond motifs is 1. The van der Waals surface area contributed by atoms with Crippen LogP contribution in [0.25, 0.3) is 11.0 Å². The second kappa shape index (κ2) is 2.90. The zero-order valence-electron chi connectivity index (χ0n) is 6.67. The van der Waals surface area contributed by atoms with Crippen molar-refractivity contribution in [2.24, 2.45) is 0 Å². The predicted molar refractivity (Wildman–Crippen MR) is 51.1 cm³/mol. The molecular formula is C9H8BrNO. The predicted octanol–water partition coefficient (Wildman–Crippen LogP) is 3.15. The van der Waals surface area contributed by atoms with Gasteiger partial charge in [0.05, 0.1) is 11.1 Å². The highest BCUT2D eigenvalue weighted by Crippen LogP contribution is 2.26. The molecule has 2 aromatic rings. The Hall–Kier alpha value is -0.830. The molecule has 2 rings (SSSR count). The van der Waals surface area contributed by atoms with Crippen LogP contribution in [-0.2, 0) is 6.42 Å². The molecule has 0 amide bonds. The SMILES string of the molecule is CCc1noc2cccc(Br)c12. The molecule has 0 saturated carbocycles. The third-order valence-electron chi connectivity index (χ3n) is 1.85. The molecule has 0 aliphatic heterocycles. The molecule has 2 nitrogen and oxygen atoms in total. The van der Waals surface area contributed by atoms with E-state index in [1.807, 2.05) is 18.2 Å². The zero-order valence-corrected chi connectivity index (χ0v) is 8.26. The van der Waals surface area contributed by atoms with Crippen molar-refractivity contribution in [3.8, 4) is 0 Å². The molecule has 0 spiro atoms. The lowest BCUT2D eigenvalue weighted by molar-refractivity contribution is 0.447. The highest BCUT2D eigenvalue weighted by Gasteiger charge is 2.08. The summed E-state index contributed by atoms with van der Waals surface area (Å²) in [6.45, 7) is 2.07. The van der Waals surface area contributed by atoms with Crippen molar-refractivity contribution in [1.29, 1.82) is 0 Å². The van der Waals surface area contributed by atoms with Crippen molar-refractivity contribution in [3.05, 3.63) is 28.4 Å². The number of hydrogen-bond acceptors (Lipinski definition) is 2. The van der Waals surface area contributed by atoms with Gasteiger partial charge >= 0.3 is 0 Å². The fourth-order valence-corrected chi connectivity index (χ4v) is 1.83. The Morgan fingerprint density at radius 3 is 3.08 bits per heavy atom. The standard InChI is InChI=1S/C9H8BrNO/c1-2-7-9-6(10)4-3-5-8(9)12-11-7/h3-5H,2H2,1H3. The number of nitrogens with zero attached hydrogens (tertiary/aromatic N) is 1. The third-order valence-corrected chi connectivity index (χ3v) is 2.51. The van der Waals surface area contributed by atoms with Crippen molar-refractivity contribution in [1.82, 2.24) is 5.16 Å². The molecule has 0 N–H and O–H groups in total. The van der Waals surface area contributed by atoms with Crippen molar-refractivity contribution < 1.29 is 4.52 Å². The lowest BCUT2D eigenvalue weighted by Gasteiger charge is -1.92. The summed E-state index contributed by atoms with van der Waals surface area (Å²) in [5.74, 6) is 0. The summed E-state index contributed by atoms with van der Waals surface area (Å²) < 4.78 is 6.19. The summed E-state index contributed by atoms with van der Waals surface area (Å²) in [6, 6.07) is 5.86. The van der Waals surface area contributed by atoms with E-state index in [0.29, 0.717) is 0 Å². The maximum atomic E-state index is 5.14. The molecule has 0 saturated heterocycles. The Balaban J connectivity index is 2.83. The van der Waals surface area contributed by atoms with Crippen LogP contribution in [0, 0.1) is 0 Å².